The fraction of sp³-hybridized carbons (Fsp3) is 0.640. The van der Waals surface area contributed by atoms with Crippen LogP contribution in [0.4, 0.5) is 0 Å². The summed E-state index contributed by atoms with van der Waals surface area (Å²) in [5.41, 5.74) is 0.978. The summed E-state index contributed by atoms with van der Waals surface area (Å²) in [5.74, 6) is 1.33. The van der Waals surface area contributed by atoms with Gasteiger partial charge in [-0.25, -0.2) is 0 Å². The minimum absolute atomic E-state index is 0.137. The van der Waals surface area contributed by atoms with Crippen molar-refractivity contribution in [3.05, 3.63) is 39.5 Å². The number of benzene rings is 1. The van der Waals surface area contributed by atoms with Crippen LogP contribution >= 0.6 is 23.2 Å². The molecule has 1 aromatic rings. The van der Waals surface area contributed by atoms with E-state index in [4.69, 9.17) is 27.9 Å². The third kappa shape index (κ3) is 5.95. The van der Waals surface area contributed by atoms with E-state index in [9.17, 15) is 4.79 Å². The van der Waals surface area contributed by atoms with E-state index in [-0.39, 0.29) is 11.3 Å². The first-order valence-electron chi connectivity index (χ1n) is 11.2. The molecule has 30 heavy (non-hydrogen) atoms. The number of carbonyl (C=O) groups is 1. The van der Waals surface area contributed by atoms with Crippen molar-refractivity contribution >= 4 is 29.1 Å². The number of hydrogen-bond acceptors (Lipinski definition) is 2. The van der Waals surface area contributed by atoms with E-state index in [0.29, 0.717) is 21.7 Å². The van der Waals surface area contributed by atoms with E-state index in [2.05, 4.69) is 33.0 Å². The van der Waals surface area contributed by atoms with Crippen molar-refractivity contribution in [2.45, 2.75) is 92.1 Å². The van der Waals surface area contributed by atoms with Crippen LogP contribution in [0.2, 0.25) is 10.0 Å². The Morgan fingerprint density at radius 3 is 2.53 bits per heavy atom. The second-order valence-corrected chi connectivity index (χ2v) is 10.2. The lowest BCUT2D eigenvalue weighted by molar-refractivity contribution is -0.132. The number of amides is 1. The van der Waals surface area contributed by atoms with Gasteiger partial charge < -0.3 is 10.1 Å². The molecule has 2 rings (SSSR count). The lowest BCUT2D eigenvalue weighted by Gasteiger charge is -2.34. The van der Waals surface area contributed by atoms with E-state index in [0.717, 1.165) is 50.6 Å². The molecular formula is C25H37Cl2NO2. The number of ether oxygens (including phenoxy) is 1. The van der Waals surface area contributed by atoms with Crippen molar-refractivity contribution in [3.63, 3.8) is 0 Å². The van der Waals surface area contributed by atoms with Gasteiger partial charge in [0.15, 0.2) is 0 Å². The van der Waals surface area contributed by atoms with Gasteiger partial charge in [0.25, 0.3) is 0 Å². The fourth-order valence-electron chi connectivity index (χ4n) is 4.37. The van der Waals surface area contributed by atoms with E-state index in [1.807, 2.05) is 13.8 Å². The number of allylic oxidation sites excluding steroid dienone is 1. The zero-order valence-corrected chi connectivity index (χ0v) is 20.8. The Kier molecular flexibility index (Phi) is 8.70. The Morgan fingerprint density at radius 1 is 1.23 bits per heavy atom. The van der Waals surface area contributed by atoms with Crippen molar-refractivity contribution in [1.82, 2.24) is 5.32 Å². The Morgan fingerprint density at radius 2 is 1.93 bits per heavy atom. The van der Waals surface area contributed by atoms with E-state index in [1.54, 1.807) is 18.2 Å². The summed E-state index contributed by atoms with van der Waals surface area (Å²) >= 11 is 12.3. The molecule has 168 valence electrons. The molecule has 1 aromatic carbocycles. The van der Waals surface area contributed by atoms with Crippen LogP contribution in [0, 0.1) is 11.3 Å². The van der Waals surface area contributed by atoms with Gasteiger partial charge in [-0.05, 0) is 82.6 Å². The third-order valence-corrected chi connectivity index (χ3v) is 7.06. The van der Waals surface area contributed by atoms with Gasteiger partial charge in [0.05, 0.1) is 10.7 Å². The topological polar surface area (TPSA) is 38.3 Å². The highest BCUT2D eigenvalue weighted by Crippen LogP contribution is 2.42. The Labute approximate surface area is 192 Å². The lowest BCUT2D eigenvalue weighted by atomic mass is 9.73. The number of hydrogen-bond donors (Lipinski definition) is 1. The van der Waals surface area contributed by atoms with Gasteiger partial charge in [0, 0.05) is 10.4 Å². The second kappa shape index (κ2) is 10.4. The van der Waals surface area contributed by atoms with Crippen LogP contribution in [0.25, 0.3) is 0 Å². The van der Waals surface area contributed by atoms with Crippen molar-refractivity contribution in [3.8, 4) is 5.75 Å². The average molecular weight is 454 g/mol. The van der Waals surface area contributed by atoms with Crippen LogP contribution in [0.1, 0.15) is 86.5 Å². The second-order valence-electron chi connectivity index (χ2n) is 9.38. The van der Waals surface area contributed by atoms with Gasteiger partial charge in [-0.1, -0.05) is 56.8 Å². The molecule has 1 amide bonds. The van der Waals surface area contributed by atoms with Gasteiger partial charge in [0.1, 0.15) is 11.4 Å². The first-order valence-corrected chi connectivity index (χ1v) is 12.0. The standard InChI is InChI=1S/C25H37Cl2NO2/c1-7-13-25(14-11-17(3)8-2)15-12-18(4)22(28-23(25)29)24(5,6)30-21-10-9-19(26)16-20(21)27/h9-10,16-17H,7-8,11-15H2,1-6H3,(H,28,29). The summed E-state index contributed by atoms with van der Waals surface area (Å²) in [6.07, 6.45) is 6.86. The van der Waals surface area contributed by atoms with Crippen LogP contribution in [-0.4, -0.2) is 11.5 Å². The molecule has 0 radical (unpaired) electrons. The molecule has 1 aliphatic rings. The SMILES string of the molecule is CCCC1(CCC(C)CC)CCC(C)=C(C(C)(C)Oc2ccc(Cl)cc2Cl)NC1=O. The molecular weight excluding hydrogens is 417 g/mol. The van der Waals surface area contributed by atoms with Crippen LogP contribution in [0.15, 0.2) is 29.5 Å². The monoisotopic (exact) mass is 453 g/mol. The first-order chi connectivity index (χ1) is 14.0. The molecule has 2 atom stereocenters. The summed E-state index contributed by atoms with van der Waals surface area (Å²) in [5, 5.41) is 4.31. The van der Waals surface area contributed by atoms with Crippen molar-refractivity contribution < 1.29 is 9.53 Å². The molecule has 2 unspecified atom stereocenters. The lowest BCUT2D eigenvalue weighted by Crippen LogP contribution is -2.45. The minimum atomic E-state index is -0.726. The van der Waals surface area contributed by atoms with Crippen LogP contribution in [0.5, 0.6) is 5.75 Å². The van der Waals surface area contributed by atoms with Crippen LogP contribution < -0.4 is 10.1 Å². The summed E-state index contributed by atoms with van der Waals surface area (Å²) in [6.45, 7) is 12.7. The van der Waals surface area contributed by atoms with Gasteiger partial charge in [-0.2, -0.15) is 0 Å². The van der Waals surface area contributed by atoms with E-state index >= 15 is 0 Å². The van der Waals surface area contributed by atoms with Crippen molar-refractivity contribution in [2.75, 3.05) is 0 Å². The number of nitrogens with one attached hydrogen (secondary N) is 1. The normalized spacial score (nSPS) is 21.3. The molecule has 0 spiro atoms. The maximum atomic E-state index is 13.5. The predicted octanol–water partition coefficient (Wildman–Crippen LogP) is 7.95. The van der Waals surface area contributed by atoms with Gasteiger partial charge in [0.2, 0.25) is 5.91 Å². The summed E-state index contributed by atoms with van der Waals surface area (Å²) in [7, 11) is 0. The number of carbonyl (C=O) groups excluding carboxylic acids is 1. The molecule has 1 heterocycles. The molecule has 0 bridgehead atoms. The molecule has 0 saturated heterocycles. The quantitative estimate of drug-likeness (QED) is 0.411. The van der Waals surface area contributed by atoms with E-state index < -0.39 is 5.60 Å². The Balaban J connectivity index is 2.28. The summed E-state index contributed by atoms with van der Waals surface area (Å²) < 4.78 is 6.28. The summed E-state index contributed by atoms with van der Waals surface area (Å²) in [4.78, 5) is 13.5. The molecule has 5 heteroatoms. The highest BCUT2D eigenvalue weighted by atomic mass is 35.5. The fourth-order valence-corrected chi connectivity index (χ4v) is 4.82. The van der Waals surface area contributed by atoms with Gasteiger partial charge >= 0.3 is 0 Å². The highest BCUT2D eigenvalue weighted by Gasteiger charge is 2.42. The third-order valence-electron chi connectivity index (χ3n) is 6.53. The van der Waals surface area contributed by atoms with Crippen molar-refractivity contribution in [1.29, 1.82) is 0 Å². The maximum Gasteiger partial charge on any atom is 0.230 e. The molecule has 1 N–H and O–H groups in total. The molecule has 3 nitrogen and oxygen atoms in total. The minimum Gasteiger partial charge on any atom is -0.480 e. The molecule has 0 aliphatic carbocycles. The highest BCUT2D eigenvalue weighted by molar-refractivity contribution is 6.35. The van der Waals surface area contributed by atoms with Gasteiger partial charge in [-0.3, -0.25) is 4.79 Å². The summed E-state index contributed by atoms with van der Waals surface area (Å²) in [6, 6.07) is 5.20. The molecule has 0 aromatic heterocycles. The smallest absolute Gasteiger partial charge is 0.230 e. The maximum absolute atomic E-state index is 13.5. The average Bonchev–Trinajstić information content (AvgIpc) is 2.81. The zero-order valence-electron chi connectivity index (χ0n) is 19.3. The zero-order chi connectivity index (χ0) is 22.5. The Hall–Kier alpha value is -1.19. The van der Waals surface area contributed by atoms with Crippen LogP contribution in [0.3, 0.4) is 0 Å². The number of halogens is 2. The van der Waals surface area contributed by atoms with Crippen LogP contribution in [-0.2, 0) is 4.79 Å². The Bertz CT molecular complexity index is 787. The van der Waals surface area contributed by atoms with Gasteiger partial charge in [-0.15, -0.1) is 0 Å². The van der Waals surface area contributed by atoms with Crippen molar-refractivity contribution in [2.24, 2.45) is 11.3 Å². The first kappa shape index (κ1) is 25.1. The largest absolute Gasteiger partial charge is 0.480 e. The molecule has 0 saturated carbocycles. The molecule has 1 aliphatic heterocycles. The van der Waals surface area contributed by atoms with E-state index in [1.165, 1.54) is 5.57 Å². The predicted molar refractivity (Wildman–Crippen MR) is 127 cm³/mol. The number of rotatable bonds is 9. The molecule has 0 fully saturated rings.